The number of rotatable bonds is 7. The lowest BCUT2D eigenvalue weighted by Gasteiger charge is -2.08. The second-order valence-corrected chi connectivity index (χ2v) is 5.70. The maximum absolute atomic E-state index is 11.6. The van der Waals surface area contributed by atoms with E-state index in [4.69, 9.17) is 10.5 Å². The Bertz CT molecular complexity index is 616. The second kappa shape index (κ2) is 8.00. The molecule has 0 fully saturated rings. The molecule has 21 heavy (non-hydrogen) atoms. The van der Waals surface area contributed by atoms with Gasteiger partial charge in [0, 0.05) is 11.0 Å². The molecule has 0 radical (unpaired) electrons. The molecule has 0 unspecified atom stereocenters. The minimum Gasteiger partial charge on any atom is -0.484 e. The van der Waals surface area contributed by atoms with Gasteiger partial charge in [0.1, 0.15) is 5.75 Å². The van der Waals surface area contributed by atoms with E-state index in [1.165, 1.54) is 0 Å². The third-order valence-corrected chi connectivity index (χ3v) is 3.59. The highest BCUT2D eigenvalue weighted by Gasteiger charge is 2.03. The highest BCUT2D eigenvalue weighted by molar-refractivity contribution is 9.10. The largest absolute Gasteiger partial charge is 0.484 e. The van der Waals surface area contributed by atoms with Crippen molar-refractivity contribution in [2.75, 3.05) is 19.7 Å². The molecule has 0 saturated carbocycles. The van der Waals surface area contributed by atoms with Gasteiger partial charge in [0.25, 0.3) is 5.91 Å². The zero-order valence-electron chi connectivity index (χ0n) is 11.8. The first kappa shape index (κ1) is 15.8. The number of carbonyl (C=O) groups excluding carboxylic acids is 1. The molecule has 2 aromatic carbocycles. The molecule has 112 valence electrons. The summed E-state index contributed by atoms with van der Waals surface area (Å²) < 4.78 is 6.56. The molecule has 3 N–H and O–H groups in total. The number of carbonyl (C=O) groups is 1. The molecular weight excluding hydrogens is 332 g/mol. The maximum Gasteiger partial charge on any atom is 0.257 e. The van der Waals surface area contributed by atoms with Crippen molar-refractivity contribution in [2.45, 2.75) is 12.8 Å². The summed E-state index contributed by atoms with van der Waals surface area (Å²) in [5, 5.41) is 5.02. The Morgan fingerprint density at radius 3 is 2.71 bits per heavy atom. The van der Waals surface area contributed by atoms with Gasteiger partial charge in [-0.3, -0.25) is 4.79 Å². The predicted molar refractivity (Wildman–Crippen MR) is 88.4 cm³/mol. The Labute approximate surface area is 132 Å². The number of unbranched alkanes of at least 4 members (excludes halogenated alkanes) is 1. The van der Waals surface area contributed by atoms with Gasteiger partial charge < -0.3 is 15.8 Å². The minimum atomic E-state index is -0.108. The SMILES string of the molecule is NCCCCNC(=O)COc1ccc2cc(Br)ccc2c1. The van der Waals surface area contributed by atoms with Crippen LogP contribution >= 0.6 is 15.9 Å². The van der Waals surface area contributed by atoms with E-state index in [0.717, 1.165) is 28.1 Å². The van der Waals surface area contributed by atoms with Crippen molar-refractivity contribution in [3.8, 4) is 5.75 Å². The summed E-state index contributed by atoms with van der Waals surface area (Å²) in [6.45, 7) is 1.33. The molecule has 0 aliphatic heterocycles. The van der Waals surface area contributed by atoms with Crippen molar-refractivity contribution in [2.24, 2.45) is 5.73 Å². The zero-order valence-corrected chi connectivity index (χ0v) is 13.4. The third-order valence-electron chi connectivity index (χ3n) is 3.10. The van der Waals surface area contributed by atoms with Crippen LogP contribution in [0.1, 0.15) is 12.8 Å². The van der Waals surface area contributed by atoms with Crippen LogP contribution in [-0.4, -0.2) is 25.6 Å². The minimum absolute atomic E-state index is 0.0324. The maximum atomic E-state index is 11.6. The fourth-order valence-corrected chi connectivity index (χ4v) is 2.36. The van der Waals surface area contributed by atoms with E-state index in [2.05, 4.69) is 21.2 Å². The van der Waals surface area contributed by atoms with Crippen molar-refractivity contribution < 1.29 is 9.53 Å². The van der Waals surface area contributed by atoms with Crippen molar-refractivity contribution in [3.05, 3.63) is 40.9 Å². The quantitative estimate of drug-likeness (QED) is 0.754. The van der Waals surface area contributed by atoms with Crippen LogP contribution in [0.5, 0.6) is 5.75 Å². The summed E-state index contributed by atoms with van der Waals surface area (Å²) in [6.07, 6.45) is 1.81. The molecule has 0 aliphatic carbocycles. The molecule has 0 bridgehead atoms. The van der Waals surface area contributed by atoms with Gasteiger partial charge in [-0.15, -0.1) is 0 Å². The summed E-state index contributed by atoms with van der Waals surface area (Å²) >= 11 is 3.44. The summed E-state index contributed by atoms with van der Waals surface area (Å²) in [7, 11) is 0. The number of nitrogens with one attached hydrogen (secondary N) is 1. The Morgan fingerprint density at radius 2 is 1.90 bits per heavy atom. The van der Waals surface area contributed by atoms with Crippen LogP contribution in [-0.2, 0) is 4.79 Å². The Kier molecular flexibility index (Phi) is 6.02. The Balaban J connectivity index is 1.85. The average molecular weight is 351 g/mol. The summed E-state index contributed by atoms with van der Waals surface area (Å²) in [5.41, 5.74) is 5.39. The molecule has 0 aromatic heterocycles. The number of hydrogen-bond acceptors (Lipinski definition) is 3. The van der Waals surface area contributed by atoms with Gasteiger partial charge in [-0.2, -0.15) is 0 Å². The van der Waals surface area contributed by atoms with Gasteiger partial charge in [0.15, 0.2) is 6.61 Å². The topological polar surface area (TPSA) is 64.3 Å². The van der Waals surface area contributed by atoms with Gasteiger partial charge >= 0.3 is 0 Å². The summed E-state index contributed by atoms with van der Waals surface area (Å²) in [4.78, 5) is 11.6. The summed E-state index contributed by atoms with van der Waals surface area (Å²) in [6, 6.07) is 11.8. The molecule has 2 aromatic rings. The van der Waals surface area contributed by atoms with Crippen LogP contribution in [0.25, 0.3) is 10.8 Å². The Hall–Kier alpha value is -1.59. The fraction of sp³-hybridized carbons (Fsp3) is 0.312. The number of hydrogen-bond donors (Lipinski definition) is 2. The van der Waals surface area contributed by atoms with E-state index < -0.39 is 0 Å². The smallest absolute Gasteiger partial charge is 0.257 e. The predicted octanol–water partition coefficient (Wildman–Crippen LogP) is 2.84. The second-order valence-electron chi connectivity index (χ2n) is 4.79. The van der Waals surface area contributed by atoms with Crippen LogP contribution in [0.3, 0.4) is 0 Å². The molecule has 5 heteroatoms. The lowest BCUT2D eigenvalue weighted by Crippen LogP contribution is -2.29. The molecule has 0 atom stereocenters. The number of benzene rings is 2. The molecular formula is C16H19BrN2O2. The number of halogens is 1. The van der Waals surface area contributed by atoms with Crippen LogP contribution in [0.15, 0.2) is 40.9 Å². The van der Waals surface area contributed by atoms with Crippen molar-refractivity contribution in [3.63, 3.8) is 0 Å². The first-order chi connectivity index (χ1) is 10.2. The lowest BCUT2D eigenvalue weighted by molar-refractivity contribution is -0.123. The lowest BCUT2D eigenvalue weighted by atomic mass is 10.1. The first-order valence-electron chi connectivity index (χ1n) is 6.98. The molecule has 0 aliphatic rings. The van der Waals surface area contributed by atoms with Gasteiger partial charge in [-0.1, -0.05) is 28.1 Å². The number of ether oxygens (including phenoxy) is 1. The van der Waals surface area contributed by atoms with Gasteiger partial charge in [-0.25, -0.2) is 0 Å². The molecule has 0 saturated heterocycles. The van der Waals surface area contributed by atoms with E-state index in [1.54, 1.807) is 0 Å². The fourth-order valence-electron chi connectivity index (χ4n) is 1.98. The molecule has 1 amide bonds. The van der Waals surface area contributed by atoms with E-state index in [0.29, 0.717) is 18.8 Å². The number of nitrogens with two attached hydrogens (primary N) is 1. The van der Waals surface area contributed by atoms with Crippen LogP contribution in [0.4, 0.5) is 0 Å². The van der Waals surface area contributed by atoms with Crippen LogP contribution in [0, 0.1) is 0 Å². The normalized spacial score (nSPS) is 10.6. The average Bonchev–Trinajstić information content (AvgIpc) is 2.49. The van der Waals surface area contributed by atoms with Gasteiger partial charge in [0.2, 0.25) is 0 Å². The monoisotopic (exact) mass is 350 g/mol. The molecule has 4 nitrogen and oxygen atoms in total. The molecule has 0 spiro atoms. The number of amides is 1. The van der Waals surface area contributed by atoms with Gasteiger partial charge in [0.05, 0.1) is 0 Å². The standard InChI is InChI=1S/C16H19BrN2O2/c17-14-5-3-13-10-15(6-4-12(13)9-14)21-11-16(20)19-8-2-1-7-18/h3-6,9-10H,1-2,7-8,11,18H2,(H,19,20). The van der Waals surface area contributed by atoms with Crippen LogP contribution < -0.4 is 15.8 Å². The van der Waals surface area contributed by atoms with Crippen LogP contribution in [0.2, 0.25) is 0 Å². The molecule has 0 heterocycles. The Morgan fingerprint density at radius 1 is 1.14 bits per heavy atom. The van der Waals surface area contributed by atoms with Crippen molar-refractivity contribution in [1.29, 1.82) is 0 Å². The van der Waals surface area contributed by atoms with Crippen molar-refractivity contribution >= 4 is 32.6 Å². The zero-order chi connectivity index (χ0) is 15.1. The van der Waals surface area contributed by atoms with E-state index in [9.17, 15) is 4.79 Å². The highest BCUT2D eigenvalue weighted by Crippen LogP contribution is 2.24. The third kappa shape index (κ3) is 5.02. The molecule has 2 rings (SSSR count). The van der Waals surface area contributed by atoms with E-state index in [-0.39, 0.29) is 12.5 Å². The number of fused-ring (bicyclic) bond motifs is 1. The highest BCUT2D eigenvalue weighted by atomic mass is 79.9. The van der Waals surface area contributed by atoms with Crippen molar-refractivity contribution in [1.82, 2.24) is 5.32 Å². The van der Waals surface area contributed by atoms with E-state index >= 15 is 0 Å². The van der Waals surface area contributed by atoms with E-state index in [1.807, 2.05) is 36.4 Å². The first-order valence-corrected chi connectivity index (χ1v) is 7.77. The summed E-state index contributed by atoms with van der Waals surface area (Å²) in [5.74, 6) is 0.588. The van der Waals surface area contributed by atoms with Gasteiger partial charge in [-0.05, 0) is 54.4 Å².